The van der Waals surface area contributed by atoms with Gasteiger partial charge in [-0.05, 0) is 62.5 Å². The molecule has 0 bridgehead atoms. The highest BCUT2D eigenvalue weighted by atomic mass is 32.2. The molecule has 4 heteroatoms. The number of aliphatic hydroxyl groups is 1. The van der Waals surface area contributed by atoms with Crippen LogP contribution in [0, 0.1) is 5.92 Å². The third-order valence-electron chi connectivity index (χ3n) is 5.05. The molecule has 2 unspecified atom stereocenters. The molecule has 3 rings (SSSR count). The summed E-state index contributed by atoms with van der Waals surface area (Å²) < 4.78 is 6.13. The second kappa shape index (κ2) is 5.31. The Morgan fingerprint density at radius 1 is 1.22 bits per heavy atom. The van der Waals surface area contributed by atoms with Gasteiger partial charge in [-0.25, -0.2) is 0 Å². The monoisotopic (exact) mass is 271 g/mol. The zero-order valence-electron chi connectivity index (χ0n) is 11.1. The van der Waals surface area contributed by atoms with Gasteiger partial charge in [-0.2, -0.15) is 11.8 Å². The van der Waals surface area contributed by atoms with Crippen molar-refractivity contribution in [1.82, 2.24) is 5.32 Å². The normalized spacial score (nSPS) is 40.8. The molecule has 2 N–H and O–H groups in total. The van der Waals surface area contributed by atoms with Gasteiger partial charge in [-0.15, -0.1) is 0 Å². The lowest BCUT2D eigenvalue weighted by Crippen LogP contribution is -2.55. The van der Waals surface area contributed by atoms with Gasteiger partial charge in [0.1, 0.15) is 0 Å². The molecule has 18 heavy (non-hydrogen) atoms. The van der Waals surface area contributed by atoms with Crippen molar-refractivity contribution in [3.8, 4) is 0 Å². The third-order valence-corrected chi connectivity index (χ3v) is 6.04. The third kappa shape index (κ3) is 2.58. The summed E-state index contributed by atoms with van der Waals surface area (Å²) in [6.45, 7) is 2.69. The molecule has 3 nitrogen and oxygen atoms in total. The van der Waals surface area contributed by atoms with Crippen molar-refractivity contribution < 1.29 is 9.84 Å². The van der Waals surface area contributed by atoms with Crippen LogP contribution in [0.25, 0.3) is 0 Å². The van der Waals surface area contributed by atoms with Crippen LogP contribution < -0.4 is 5.32 Å². The number of β-amino-alcohol motifs (C(OH)–C–C–N with tert-alkyl or cyclic N) is 1. The van der Waals surface area contributed by atoms with E-state index < -0.39 is 5.60 Å². The molecule has 0 amide bonds. The predicted molar refractivity (Wildman–Crippen MR) is 75.0 cm³/mol. The molecule has 3 fully saturated rings. The van der Waals surface area contributed by atoms with Crippen molar-refractivity contribution >= 4 is 11.8 Å². The highest BCUT2D eigenvalue weighted by Crippen LogP contribution is 2.44. The summed E-state index contributed by atoms with van der Waals surface area (Å²) >= 11 is 2.04. The van der Waals surface area contributed by atoms with Gasteiger partial charge in [-0.1, -0.05) is 0 Å². The lowest BCUT2D eigenvalue weighted by atomic mass is 9.71. The maximum absolute atomic E-state index is 10.9. The lowest BCUT2D eigenvalue weighted by Gasteiger charge is -2.49. The standard InChI is InChI=1S/C14H25NO2S/c16-14(3-1-6-15-11-14)12-2-7-17-13(10-12)4-8-18-9-5-13/h12,15-16H,1-11H2. The average molecular weight is 271 g/mol. The van der Waals surface area contributed by atoms with E-state index in [1.807, 2.05) is 11.8 Å². The smallest absolute Gasteiger partial charge is 0.0801 e. The molecule has 0 radical (unpaired) electrons. The summed E-state index contributed by atoms with van der Waals surface area (Å²) in [5, 5.41) is 14.3. The van der Waals surface area contributed by atoms with E-state index in [1.54, 1.807) is 0 Å². The van der Waals surface area contributed by atoms with Crippen LogP contribution >= 0.6 is 11.8 Å². The molecule has 0 aromatic heterocycles. The topological polar surface area (TPSA) is 41.5 Å². The predicted octanol–water partition coefficient (Wildman–Crippen LogP) is 1.79. The van der Waals surface area contributed by atoms with Gasteiger partial charge in [0.05, 0.1) is 11.2 Å². The minimum atomic E-state index is -0.473. The molecule has 0 aliphatic carbocycles. The van der Waals surface area contributed by atoms with Gasteiger partial charge in [0.25, 0.3) is 0 Å². The van der Waals surface area contributed by atoms with E-state index in [9.17, 15) is 5.11 Å². The minimum absolute atomic E-state index is 0.0986. The fraction of sp³-hybridized carbons (Fsp3) is 1.00. The zero-order valence-corrected chi connectivity index (χ0v) is 11.9. The van der Waals surface area contributed by atoms with Crippen LogP contribution in [0.3, 0.4) is 0 Å². The number of piperidine rings is 1. The Morgan fingerprint density at radius 2 is 2.06 bits per heavy atom. The molecule has 0 aromatic rings. The Bertz CT molecular complexity index is 267. The molecular weight excluding hydrogens is 246 g/mol. The van der Waals surface area contributed by atoms with Crippen LogP contribution in [0.2, 0.25) is 0 Å². The van der Waals surface area contributed by atoms with Crippen LogP contribution in [0.4, 0.5) is 0 Å². The van der Waals surface area contributed by atoms with Crippen molar-refractivity contribution in [2.75, 3.05) is 31.2 Å². The molecule has 3 saturated heterocycles. The van der Waals surface area contributed by atoms with Crippen molar-refractivity contribution in [3.63, 3.8) is 0 Å². The van der Waals surface area contributed by atoms with Crippen molar-refractivity contribution in [3.05, 3.63) is 0 Å². The summed E-state index contributed by atoms with van der Waals surface area (Å²) in [7, 11) is 0. The largest absolute Gasteiger partial charge is 0.388 e. The Kier molecular flexibility index (Phi) is 3.90. The van der Waals surface area contributed by atoms with Gasteiger partial charge in [0.15, 0.2) is 0 Å². The molecular formula is C14H25NO2S. The summed E-state index contributed by atoms with van der Waals surface area (Å²) in [5.41, 5.74) is -0.374. The van der Waals surface area contributed by atoms with Crippen molar-refractivity contribution in [1.29, 1.82) is 0 Å². The summed E-state index contributed by atoms with van der Waals surface area (Å²) in [6, 6.07) is 0. The van der Waals surface area contributed by atoms with Gasteiger partial charge in [-0.3, -0.25) is 0 Å². The zero-order chi connectivity index (χ0) is 12.5. The van der Waals surface area contributed by atoms with Crippen LogP contribution in [0.1, 0.15) is 38.5 Å². The Labute approximate surface area is 114 Å². The first-order chi connectivity index (χ1) is 8.73. The van der Waals surface area contributed by atoms with Gasteiger partial charge in [0.2, 0.25) is 0 Å². The number of ether oxygens (including phenoxy) is 1. The van der Waals surface area contributed by atoms with Crippen LogP contribution in [0.15, 0.2) is 0 Å². The van der Waals surface area contributed by atoms with E-state index in [-0.39, 0.29) is 5.60 Å². The summed E-state index contributed by atoms with van der Waals surface area (Å²) in [5.74, 6) is 2.88. The van der Waals surface area contributed by atoms with E-state index in [2.05, 4.69) is 5.32 Å². The van der Waals surface area contributed by atoms with E-state index in [4.69, 9.17) is 4.74 Å². The second-order valence-electron chi connectivity index (χ2n) is 6.22. The van der Waals surface area contributed by atoms with Gasteiger partial charge in [0, 0.05) is 13.2 Å². The summed E-state index contributed by atoms with van der Waals surface area (Å²) in [4.78, 5) is 0. The Morgan fingerprint density at radius 3 is 2.78 bits per heavy atom. The van der Waals surface area contributed by atoms with E-state index in [1.165, 1.54) is 24.3 Å². The molecule has 2 atom stereocenters. The highest BCUT2D eigenvalue weighted by molar-refractivity contribution is 7.99. The number of rotatable bonds is 1. The number of hydrogen-bond acceptors (Lipinski definition) is 4. The summed E-state index contributed by atoms with van der Waals surface area (Å²) in [6.07, 6.45) is 6.54. The Hall–Kier alpha value is 0.230. The fourth-order valence-corrected chi connectivity index (χ4v) is 5.08. The minimum Gasteiger partial charge on any atom is -0.388 e. The maximum atomic E-state index is 10.9. The molecule has 3 aliphatic rings. The van der Waals surface area contributed by atoms with Crippen molar-refractivity contribution in [2.45, 2.75) is 49.7 Å². The fourth-order valence-electron chi connectivity index (χ4n) is 3.84. The highest BCUT2D eigenvalue weighted by Gasteiger charge is 2.46. The number of hydrogen-bond donors (Lipinski definition) is 2. The van der Waals surface area contributed by atoms with Crippen LogP contribution in [0.5, 0.6) is 0 Å². The van der Waals surface area contributed by atoms with Crippen molar-refractivity contribution in [2.24, 2.45) is 5.92 Å². The molecule has 3 aliphatic heterocycles. The molecule has 3 heterocycles. The first kappa shape index (κ1) is 13.2. The van der Waals surface area contributed by atoms with E-state index in [0.29, 0.717) is 5.92 Å². The first-order valence-corrected chi connectivity index (χ1v) is 8.53. The lowest BCUT2D eigenvalue weighted by molar-refractivity contribution is -0.150. The molecule has 0 saturated carbocycles. The SMILES string of the molecule is OC1(C2CCOC3(CCSCC3)C2)CCCNC1. The number of thioether (sulfide) groups is 1. The molecule has 0 aromatic carbocycles. The van der Waals surface area contributed by atoms with E-state index in [0.717, 1.165) is 45.4 Å². The molecule has 104 valence electrons. The molecule has 1 spiro atoms. The Balaban J connectivity index is 1.69. The number of nitrogens with one attached hydrogen (secondary N) is 1. The average Bonchev–Trinajstić information content (AvgIpc) is 2.41. The van der Waals surface area contributed by atoms with E-state index >= 15 is 0 Å². The van der Waals surface area contributed by atoms with Crippen LogP contribution in [-0.4, -0.2) is 47.5 Å². The maximum Gasteiger partial charge on any atom is 0.0801 e. The van der Waals surface area contributed by atoms with Gasteiger partial charge < -0.3 is 15.2 Å². The quantitative estimate of drug-likeness (QED) is 0.763. The van der Waals surface area contributed by atoms with Crippen LogP contribution in [-0.2, 0) is 4.74 Å². The first-order valence-electron chi connectivity index (χ1n) is 7.37. The second-order valence-corrected chi connectivity index (χ2v) is 7.44. The van der Waals surface area contributed by atoms with Gasteiger partial charge >= 0.3 is 0 Å².